The van der Waals surface area contributed by atoms with Gasteiger partial charge >= 0.3 is 0 Å². The first-order valence-corrected chi connectivity index (χ1v) is 9.04. The van der Waals surface area contributed by atoms with Crippen molar-refractivity contribution in [2.75, 3.05) is 18.0 Å². The molecule has 0 aliphatic rings. The molecule has 1 N–H and O–H groups in total. The monoisotopic (exact) mass is 331 g/mol. The normalized spacial score (nSPS) is 10.7. The van der Waals surface area contributed by atoms with Crippen LogP contribution in [0, 0.1) is 6.92 Å². The van der Waals surface area contributed by atoms with Gasteiger partial charge < -0.3 is 5.32 Å². The summed E-state index contributed by atoms with van der Waals surface area (Å²) >= 11 is 1.51. The van der Waals surface area contributed by atoms with Gasteiger partial charge in [-0.15, -0.1) is 11.3 Å². The molecule has 2 rings (SSSR count). The van der Waals surface area contributed by atoms with Crippen molar-refractivity contribution < 1.29 is 4.79 Å². The zero-order valence-corrected chi connectivity index (χ0v) is 14.7. The lowest BCUT2D eigenvalue weighted by molar-refractivity contribution is -0.118. The Bertz CT molecular complexity index is 598. The summed E-state index contributed by atoms with van der Waals surface area (Å²) in [5, 5.41) is 6.14. The van der Waals surface area contributed by atoms with E-state index in [9.17, 15) is 4.79 Å². The van der Waals surface area contributed by atoms with E-state index in [1.165, 1.54) is 22.5 Å². The van der Waals surface area contributed by atoms with Gasteiger partial charge in [0.25, 0.3) is 0 Å². The largest absolute Gasteiger partial charge is 0.313 e. The van der Waals surface area contributed by atoms with Gasteiger partial charge in [0.05, 0.1) is 0 Å². The van der Waals surface area contributed by atoms with Crippen LogP contribution in [0.4, 0.5) is 5.13 Å². The number of nitrogens with one attached hydrogen (secondary N) is 1. The van der Waals surface area contributed by atoms with Gasteiger partial charge in [0, 0.05) is 31.1 Å². The lowest BCUT2D eigenvalue weighted by atomic mass is 10.1. The van der Waals surface area contributed by atoms with Gasteiger partial charge in [0.1, 0.15) is 0 Å². The highest BCUT2D eigenvalue weighted by atomic mass is 32.1. The molecule has 23 heavy (non-hydrogen) atoms. The van der Waals surface area contributed by atoms with Crippen LogP contribution in [0.2, 0.25) is 0 Å². The maximum Gasteiger partial charge on any atom is 0.228 e. The minimum atomic E-state index is 0.168. The molecule has 1 aromatic carbocycles. The van der Waals surface area contributed by atoms with Gasteiger partial charge in [-0.05, 0) is 38.8 Å². The highest BCUT2D eigenvalue weighted by Gasteiger charge is 2.15. The maximum absolute atomic E-state index is 12.2. The summed E-state index contributed by atoms with van der Waals surface area (Å²) in [4.78, 5) is 18.2. The number of benzene rings is 1. The molecule has 0 spiro atoms. The molecule has 1 aromatic heterocycles. The Morgan fingerprint density at radius 1 is 1.35 bits per heavy atom. The van der Waals surface area contributed by atoms with Crippen molar-refractivity contribution in [1.82, 2.24) is 10.3 Å². The highest BCUT2D eigenvalue weighted by Crippen LogP contribution is 2.18. The molecule has 0 saturated heterocycles. The number of anilines is 1. The Hall–Kier alpha value is -1.72. The van der Waals surface area contributed by atoms with Crippen molar-refractivity contribution in [3.63, 3.8) is 0 Å². The lowest BCUT2D eigenvalue weighted by Crippen LogP contribution is -2.30. The summed E-state index contributed by atoms with van der Waals surface area (Å²) < 4.78 is 0. The van der Waals surface area contributed by atoms with Crippen LogP contribution in [-0.4, -0.2) is 24.0 Å². The van der Waals surface area contributed by atoms with Crippen LogP contribution in [0.1, 0.15) is 37.3 Å². The van der Waals surface area contributed by atoms with Crippen LogP contribution >= 0.6 is 11.3 Å². The Balaban J connectivity index is 1.62. The van der Waals surface area contributed by atoms with E-state index >= 15 is 0 Å². The summed E-state index contributed by atoms with van der Waals surface area (Å²) in [5.41, 5.74) is 2.60. The molecule has 0 aliphatic carbocycles. The number of nitrogens with zero attached hydrogens (tertiary/aromatic N) is 2. The number of thiazole rings is 1. The Morgan fingerprint density at radius 2 is 2.22 bits per heavy atom. The van der Waals surface area contributed by atoms with E-state index in [0.717, 1.165) is 31.1 Å². The second kappa shape index (κ2) is 9.43. The first-order valence-electron chi connectivity index (χ1n) is 8.17. The third-order valence-electron chi connectivity index (χ3n) is 3.67. The zero-order valence-electron chi connectivity index (χ0n) is 13.9. The minimum absolute atomic E-state index is 0.168. The molecule has 0 aliphatic heterocycles. The second-order valence-corrected chi connectivity index (χ2v) is 6.45. The standard InChI is InChI=1S/C18H25N3OS/c1-3-21(18-20-11-12-23-18)17(22)9-4-5-10-19-14-16-8-6-7-15(2)13-16/h6-8,11-13,19H,3-5,9-10,14H2,1-2H3. The van der Waals surface area contributed by atoms with Gasteiger partial charge in [0.2, 0.25) is 5.91 Å². The first-order chi connectivity index (χ1) is 11.2. The van der Waals surface area contributed by atoms with Crippen molar-refractivity contribution in [3.8, 4) is 0 Å². The van der Waals surface area contributed by atoms with E-state index in [2.05, 4.69) is 41.5 Å². The van der Waals surface area contributed by atoms with Crippen molar-refractivity contribution >= 4 is 22.4 Å². The predicted molar refractivity (Wildman–Crippen MR) is 96.9 cm³/mol. The molecule has 124 valence electrons. The molecular formula is C18H25N3OS. The van der Waals surface area contributed by atoms with Crippen molar-refractivity contribution in [3.05, 3.63) is 47.0 Å². The van der Waals surface area contributed by atoms with Crippen LogP contribution in [-0.2, 0) is 11.3 Å². The zero-order chi connectivity index (χ0) is 16.5. The third kappa shape index (κ3) is 5.77. The smallest absolute Gasteiger partial charge is 0.228 e. The SMILES string of the molecule is CCN(C(=O)CCCCNCc1cccc(C)c1)c1nccs1. The lowest BCUT2D eigenvalue weighted by Gasteiger charge is -2.17. The number of carbonyl (C=O) groups excluding carboxylic acids is 1. The van der Waals surface area contributed by atoms with Gasteiger partial charge in [-0.1, -0.05) is 29.8 Å². The number of hydrogen-bond acceptors (Lipinski definition) is 4. The predicted octanol–water partition coefficient (Wildman–Crippen LogP) is 3.76. The van der Waals surface area contributed by atoms with Crippen LogP contribution in [0.5, 0.6) is 0 Å². The molecule has 5 heteroatoms. The van der Waals surface area contributed by atoms with Gasteiger partial charge in [-0.2, -0.15) is 0 Å². The van der Waals surface area contributed by atoms with Crippen LogP contribution < -0.4 is 10.2 Å². The number of carbonyl (C=O) groups is 1. The van der Waals surface area contributed by atoms with E-state index in [0.29, 0.717) is 13.0 Å². The molecule has 0 unspecified atom stereocenters. The molecule has 2 aromatic rings. The number of rotatable bonds is 9. The summed E-state index contributed by atoms with van der Waals surface area (Å²) in [6.07, 6.45) is 4.24. The fraction of sp³-hybridized carbons (Fsp3) is 0.444. The second-order valence-electron chi connectivity index (χ2n) is 5.58. The number of hydrogen-bond donors (Lipinski definition) is 1. The Labute approximate surface area is 142 Å². The van der Waals surface area contributed by atoms with Crippen molar-refractivity contribution in [1.29, 1.82) is 0 Å². The molecule has 0 saturated carbocycles. The summed E-state index contributed by atoms with van der Waals surface area (Å²) in [6.45, 7) is 6.60. The highest BCUT2D eigenvalue weighted by molar-refractivity contribution is 7.13. The molecule has 4 nitrogen and oxygen atoms in total. The van der Waals surface area contributed by atoms with Crippen molar-refractivity contribution in [2.45, 2.75) is 39.7 Å². The minimum Gasteiger partial charge on any atom is -0.313 e. The van der Waals surface area contributed by atoms with Gasteiger partial charge in [0.15, 0.2) is 5.13 Å². The van der Waals surface area contributed by atoms with E-state index in [1.54, 1.807) is 11.1 Å². The Morgan fingerprint density at radius 3 is 2.91 bits per heavy atom. The average molecular weight is 331 g/mol. The van der Waals surface area contributed by atoms with Gasteiger partial charge in [-0.25, -0.2) is 4.98 Å². The summed E-state index contributed by atoms with van der Waals surface area (Å²) in [7, 11) is 0. The average Bonchev–Trinajstić information content (AvgIpc) is 3.05. The molecule has 0 radical (unpaired) electrons. The topological polar surface area (TPSA) is 45.2 Å². The first kappa shape index (κ1) is 17.6. The summed E-state index contributed by atoms with van der Waals surface area (Å²) in [6, 6.07) is 8.53. The van der Waals surface area contributed by atoms with E-state index in [-0.39, 0.29) is 5.91 Å². The number of amides is 1. The number of aryl methyl sites for hydroxylation is 1. The van der Waals surface area contributed by atoms with Crippen LogP contribution in [0.3, 0.4) is 0 Å². The Kier molecular flexibility index (Phi) is 7.23. The fourth-order valence-corrected chi connectivity index (χ4v) is 3.21. The quantitative estimate of drug-likeness (QED) is 0.712. The number of aromatic nitrogens is 1. The molecular weight excluding hydrogens is 306 g/mol. The molecule has 1 heterocycles. The molecule has 0 bridgehead atoms. The molecule has 1 amide bonds. The molecule has 0 fully saturated rings. The number of unbranched alkanes of at least 4 members (excludes halogenated alkanes) is 1. The van der Waals surface area contributed by atoms with Gasteiger partial charge in [-0.3, -0.25) is 9.69 Å². The van der Waals surface area contributed by atoms with E-state index in [4.69, 9.17) is 0 Å². The third-order valence-corrected chi connectivity index (χ3v) is 4.47. The van der Waals surface area contributed by atoms with E-state index in [1.807, 2.05) is 12.3 Å². The maximum atomic E-state index is 12.2. The fourth-order valence-electron chi connectivity index (χ4n) is 2.48. The van der Waals surface area contributed by atoms with Crippen molar-refractivity contribution in [2.24, 2.45) is 0 Å². The summed E-state index contributed by atoms with van der Waals surface area (Å²) in [5.74, 6) is 0.168. The van der Waals surface area contributed by atoms with E-state index < -0.39 is 0 Å². The van der Waals surface area contributed by atoms with Crippen LogP contribution in [0.25, 0.3) is 0 Å². The van der Waals surface area contributed by atoms with Crippen LogP contribution in [0.15, 0.2) is 35.8 Å². The molecule has 0 atom stereocenters.